The number of benzene rings is 3. The van der Waals surface area contributed by atoms with Crippen molar-refractivity contribution in [3.8, 4) is 5.69 Å². The van der Waals surface area contributed by atoms with Crippen LogP contribution >= 0.6 is 0 Å². The predicted molar refractivity (Wildman–Crippen MR) is 112 cm³/mol. The van der Waals surface area contributed by atoms with E-state index in [2.05, 4.69) is 10.2 Å². The summed E-state index contributed by atoms with van der Waals surface area (Å²) in [6, 6.07) is 24.9. The first-order chi connectivity index (χ1) is 14.0. The van der Waals surface area contributed by atoms with Crippen LogP contribution in [-0.4, -0.2) is 27.6 Å². The van der Waals surface area contributed by atoms with E-state index in [9.17, 15) is 8.42 Å². The maximum absolute atomic E-state index is 13.2. The number of hydrogen-bond acceptors (Lipinski definition) is 4. The van der Waals surface area contributed by atoms with Crippen LogP contribution < -0.4 is 0 Å². The van der Waals surface area contributed by atoms with Gasteiger partial charge in [-0.05, 0) is 36.8 Å². The highest BCUT2D eigenvalue weighted by Gasteiger charge is 2.26. The van der Waals surface area contributed by atoms with E-state index in [0.717, 1.165) is 27.8 Å². The van der Waals surface area contributed by atoms with Gasteiger partial charge >= 0.3 is 0 Å². The van der Waals surface area contributed by atoms with Gasteiger partial charge in [0.25, 0.3) is 5.16 Å². The topological polar surface area (TPSA) is 69.3 Å². The van der Waals surface area contributed by atoms with Crippen LogP contribution in [0, 0.1) is 6.92 Å². The summed E-state index contributed by atoms with van der Waals surface area (Å²) in [6.07, 6.45) is 0. The minimum Gasteiger partial charge on any atom is -0.277 e. The molecule has 0 unspecified atom stereocenters. The van der Waals surface area contributed by atoms with Gasteiger partial charge in [0.15, 0.2) is 0 Å². The summed E-state index contributed by atoms with van der Waals surface area (Å²) in [5.41, 5.74) is 4.32. The molecule has 0 amide bonds. The molecule has 0 aliphatic heterocycles. The highest BCUT2D eigenvalue weighted by molar-refractivity contribution is 7.90. The highest BCUT2D eigenvalue weighted by Crippen LogP contribution is 2.27. The standard InChI is InChI=1S/C22H18N4O2S/c1-16-11-13-17(14-12-16)15-29(27,28)22-24-23-21-25(18-7-3-2-4-8-18)19-9-5-6-10-20(19)26(21)22/h2-14H,15H2,1H3. The van der Waals surface area contributed by atoms with Crippen molar-refractivity contribution < 1.29 is 8.42 Å². The fraction of sp³-hybridized carbons (Fsp3) is 0.0909. The maximum Gasteiger partial charge on any atom is 0.256 e. The second-order valence-electron chi connectivity index (χ2n) is 7.02. The Labute approximate surface area is 168 Å². The van der Waals surface area contributed by atoms with Crippen molar-refractivity contribution >= 4 is 26.6 Å². The van der Waals surface area contributed by atoms with E-state index in [0.29, 0.717) is 5.78 Å². The Morgan fingerprint density at radius 1 is 0.793 bits per heavy atom. The summed E-state index contributed by atoms with van der Waals surface area (Å²) in [5, 5.41) is 8.29. The van der Waals surface area contributed by atoms with Crippen molar-refractivity contribution in [2.75, 3.05) is 0 Å². The number of nitrogens with zero attached hydrogens (tertiary/aromatic N) is 4. The first-order valence-corrected chi connectivity index (χ1v) is 10.9. The first kappa shape index (κ1) is 17.6. The zero-order chi connectivity index (χ0) is 20.0. The Kier molecular flexibility index (Phi) is 3.99. The highest BCUT2D eigenvalue weighted by atomic mass is 32.2. The van der Waals surface area contributed by atoms with Crippen molar-refractivity contribution in [3.63, 3.8) is 0 Å². The number of rotatable bonds is 4. The first-order valence-electron chi connectivity index (χ1n) is 9.23. The molecule has 0 aliphatic rings. The normalized spacial score (nSPS) is 12.0. The second kappa shape index (κ2) is 6.56. The molecule has 2 heterocycles. The molecule has 3 aromatic carbocycles. The fourth-order valence-electron chi connectivity index (χ4n) is 3.57. The lowest BCUT2D eigenvalue weighted by atomic mass is 10.2. The monoisotopic (exact) mass is 402 g/mol. The quantitative estimate of drug-likeness (QED) is 0.456. The van der Waals surface area contributed by atoms with Crippen LogP contribution in [0.1, 0.15) is 11.1 Å². The SMILES string of the molecule is Cc1ccc(CS(=O)(=O)c2nnc3n(-c4ccccc4)c4ccccc4n23)cc1. The van der Waals surface area contributed by atoms with Crippen molar-refractivity contribution in [2.24, 2.45) is 0 Å². The summed E-state index contributed by atoms with van der Waals surface area (Å²) >= 11 is 0. The van der Waals surface area contributed by atoms with Crippen molar-refractivity contribution in [3.05, 3.63) is 90.0 Å². The molecule has 0 saturated heterocycles. The van der Waals surface area contributed by atoms with Gasteiger partial charge in [-0.2, -0.15) is 0 Å². The number of fused-ring (bicyclic) bond motifs is 3. The van der Waals surface area contributed by atoms with Crippen LogP contribution in [0.4, 0.5) is 0 Å². The minimum absolute atomic E-state index is 0.0426. The molecule has 0 atom stereocenters. The zero-order valence-electron chi connectivity index (χ0n) is 15.7. The largest absolute Gasteiger partial charge is 0.277 e. The van der Waals surface area contributed by atoms with Crippen LogP contribution in [0.5, 0.6) is 0 Å². The van der Waals surface area contributed by atoms with Gasteiger partial charge in [0.05, 0.1) is 16.8 Å². The van der Waals surface area contributed by atoms with Crippen LogP contribution in [0.15, 0.2) is 84.0 Å². The van der Waals surface area contributed by atoms with Crippen LogP contribution in [0.2, 0.25) is 0 Å². The molecule has 0 bridgehead atoms. The fourth-order valence-corrected chi connectivity index (χ4v) is 4.95. The van der Waals surface area contributed by atoms with E-state index >= 15 is 0 Å². The molecule has 0 saturated carbocycles. The van der Waals surface area contributed by atoms with Gasteiger partial charge in [-0.15, -0.1) is 10.2 Å². The Hall–Kier alpha value is -3.45. The Morgan fingerprint density at radius 2 is 1.45 bits per heavy atom. The van der Waals surface area contributed by atoms with E-state index in [-0.39, 0.29) is 10.9 Å². The molecule has 0 spiro atoms. The molecule has 5 rings (SSSR count). The van der Waals surface area contributed by atoms with Gasteiger partial charge in [0.1, 0.15) is 0 Å². The molecule has 29 heavy (non-hydrogen) atoms. The number of aromatic nitrogens is 4. The third-order valence-electron chi connectivity index (χ3n) is 4.95. The summed E-state index contributed by atoms with van der Waals surface area (Å²) in [7, 11) is -3.69. The van der Waals surface area contributed by atoms with Gasteiger partial charge in [-0.1, -0.05) is 60.2 Å². The van der Waals surface area contributed by atoms with E-state index in [1.807, 2.05) is 90.4 Å². The van der Waals surface area contributed by atoms with Crippen LogP contribution in [0.25, 0.3) is 22.5 Å². The molecule has 6 nitrogen and oxygen atoms in total. The molecule has 2 aromatic heterocycles. The molecule has 5 aromatic rings. The summed E-state index contributed by atoms with van der Waals surface area (Å²) in [6.45, 7) is 1.97. The second-order valence-corrected chi connectivity index (χ2v) is 8.91. The van der Waals surface area contributed by atoms with E-state index in [1.165, 1.54) is 0 Å². The number of sulfone groups is 1. The molecule has 0 fully saturated rings. The zero-order valence-corrected chi connectivity index (χ0v) is 16.5. The molecule has 0 N–H and O–H groups in total. The Balaban J connectivity index is 1.73. The number of hydrogen-bond donors (Lipinski definition) is 0. The number of imidazole rings is 1. The maximum atomic E-state index is 13.2. The average molecular weight is 402 g/mol. The lowest BCUT2D eigenvalue weighted by Gasteiger charge is -2.03. The summed E-state index contributed by atoms with van der Waals surface area (Å²) in [5.74, 6) is 0.346. The van der Waals surface area contributed by atoms with Gasteiger partial charge < -0.3 is 0 Å². The molecule has 0 radical (unpaired) electrons. The molecule has 7 heteroatoms. The minimum atomic E-state index is -3.69. The summed E-state index contributed by atoms with van der Waals surface area (Å²) in [4.78, 5) is 0. The third-order valence-corrected chi connectivity index (χ3v) is 6.48. The average Bonchev–Trinajstić information content (AvgIpc) is 3.29. The molecule has 0 aliphatic carbocycles. The third kappa shape index (κ3) is 2.91. The van der Waals surface area contributed by atoms with Crippen molar-refractivity contribution in [1.29, 1.82) is 0 Å². The van der Waals surface area contributed by atoms with Gasteiger partial charge in [-0.3, -0.25) is 4.57 Å². The lowest BCUT2D eigenvalue weighted by Crippen LogP contribution is -2.09. The van der Waals surface area contributed by atoms with Crippen LogP contribution in [0.3, 0.4) is 0 Å². The van der Waals surface area contributed by atoms with Crippen molar-refractivity contribution in [2.45, 2.75) is 17.8 Å². The molecule has 144 valence electrons. The predicted octanol–water partition coefficient (Wildman–Crippen LogP) is 3.96. The number of aryl methyl sites for hydroxylation is 1. The Morgan fingerprint density at radius 3 is 2.17 bits per heavy atom. The van der Waals surface area contributed by atoms with Gasteiger partial charge in [-0.25, -0.2) is 12.8 Å². The van der Waals surface area contributed by atoms with E-state index in [4.69, 9.17) is 0 Å². The Bertz CT molecular complexity index is 1430. The lowest BCUT2D eigenvalue weighted by molar-refractivity contribution is 0.585. The number of para-hydroxylation sites is 3. The smallest absolute Gasteiger partial charge is 0.256 e. The summed E-state index contributed by atoms with van der Waals surface area (Å²) < 4.78 is 30.0. The van der Waals surface area contributed by atoms with E-state index < -0.39 is 9.84 Å². The van der Waals surface area contributed by atoms with Gasteiger partial charge in [0, 0.05) is 5.69 Å². The van der Waals surface area contributed by atoms with Crippen LogP contribution in [-0.2, 0) is 15.6 Å². The van der Waals surface area contributed by atoms with E-state index in [1.54, 1.807) is 4.40 Å². The molecular formula is C22H18N4O2S. The molecular weight excluding hydrogens is 384 g/mol. The van der Waals surface area contributed by atoms with Gasteiger partial charge in [0.2, 0.25) is 15.6 Å². The van der Waals surface area contributed by atoms with Crippen molar-refractivity contribution in [1.82, 2.24) is 19.2 Å².